The third-order valence-corrected chi connectivity index (χ3v) is 3.03. The number of rotatable bonds is 6. The van der Waals surface area contributed by atoms with Gasteiger partial charge in [0.1, 0.15) is 10.1 Å². The average molecular weight is 273 g/mol. The van der Waals surface area contributed by atoms with Crippen molar-refractivity contribution in [3.05, 3.63) is 18.2 Å². The van der Waals surface area contributed by atoms with Crippen LogP contribution in [-0.4, -0.2) is 30.6 Å². The smallest absolute Gasteiger partial charge is 0.303 e. The summed E-state index contributed by atoms with van der Waals surface area (Å²) < 4.78 is 32.2. The summed E-state index contributed by atoms with van der Waals surface area (Å²) in [4.78, 5) is 9.89. The third kappa shape index (κ3) is 4.22. The van der Waals surface area contributed by atoms with Crippen LogP contribution in [-0.2, 0) is 14.9 Å². The van der Waals surface area contributed by atoms with Gasteiger partial charge in [-0.15, -0.1) is 0 Å². The van der Waals surface area contributed by atoms with Gasteiger partial charge in [0.05, 0.1) is 16.3 Å². The highest BCUT2D eigenvalue weighted by atomic mass is 32.2. The second-order valence-electron chi connectivity index (χ2n) is 3.63. The van der Waals surface area contributed by atoms with Gasteiger partial charge in [-0.3, -0.25) is 4.79 Å². The molecule has 0 spiro atoms. The summed E-state index contributed by atoms with van der Waals surface area (Å²) in [7, 11) is -4.51. The first kappa shape index (κ1) is 14.3. The maximum atomic E-state index is 10.7. The van der Waals surface area contributed by atoms with Gasteiger partial charge in [0.2, 0.25) is 0 Å². The molecular weight excluding hydrogens is 260 g/mol. The van der Waals surface area contributed by atoms with Gasteiger partial charge in [-0.1, -0.05) is 0 Å². The van der Waals surface area contributed by atoms with Crippen molar-refractivity contribution < 1.29 is 22.9 Å². The Bertz CT molecular complexity index is 541. The van der Waals surface area contributed by atoms with Crippen molar-refractivity contribution in [3.63, 3.8) is 0 Å². The molecule has 0 aliphatic rings. The Morgan fingerprint density at radius 2 is 2.11 bits per heavy atom. The SMILES string of the molecule is Nc1cc(S(=O)(=O)[O-])ccc1NCCCC(=O)O. The maximum Gasteiger partial charge on any atom is 0.303 e. The fraction of sp³-hybridized carbons (Fsp3) is 0.300. The van der Waals surface area contributed by atoms with E-state index < -0.39 is 21.0 Å². The van der Waals surface area contributed by atoms with Crippen LogP contribution in [0.1, 0.15) is 12.8 Å². The van der Waals surface area contributed by atoms with Crippen molar-refractivity contribution in [2.24, 2.45) is 0 Å². The molecule has 1 aromatic rings. The van der Waals surface area contributed by atoms with Crippen molar-refractivity contribution in [1.29, 1.82) is 0 Å². The third-order valence-electron chi connectivity index (χ3n) is 2.19. The van der Waals surface area contributed by atoms with Gasteiger partial charge in [-0.2, -0.15) is 0 Å². The number of benzene rings is 1. The zero-order valence-corrected chi connectivity index (χ0v) is 10.2. The number of nitrogens with two attached hydrogens (primary N) is 1. The number of anilines is 2. The van der Waals surface area contributed by atoms with Crippen molar-refractivity contribution in [3.8, 4) is 0 Å². The van der Waals surface area contributed by atoms with Gasteiger partial charge in [0.25, 0.3) is 0 Å². The van der Waals surface area contributed by atoms with Crippen molar-refractivity contribution in [2.45, 2.75) is 17.7 Å². The molecule has 0 saturated heterocycles. The van der Waals surface area contributed by atoms with E-state index in [4.69, 9.17) is 10.8 Å². The number of carboxylic acid groups (broad SMARTS) is 1. The molecule has 0 saturated carbocycles. The summed E-state index contributed by atoms with van der Waals surface area (Å²) in [5.74, 6) is -0.891. The molecule has 0 bridgehead atoms. The van der Waals surface area contributed by atoms with Gasteiger partial charge in [0, 0.05) is 13.0 Å². The zero-order chi connectivity index (χ0) is 13.8. The van der Waals surface area contributed by atoms with Crippen LogP contribution in [0.3, 0.4) is 0 Å². The number of carboxylic acids is 1. The molecule has 100 valence electrons. The number of carbonyl (C=O) groups is 1. The molecular formula is C10H13N2O5S-. The molecule has 4 N–H and O–H groups in total. The van der Waals surface area contributed by atoms with Crippen LogP contribution in [0.15, 0.2) is 23.1 Å². The molecule has 0 atom stereocenters. The lowest BCUT2D eigenvalue weighted by atomic mass is 10.2. The molecule has 7 nitrogen and oxygen atoms in total. The Kier molecular flexibility index (Phi) is 4.51. The Morgan fingerprint density at radius 1 is 1.44 bits per heavy atom. The maximum absolute atomic E-state index is 10.7. The van der Waals surface area contributed by atoms with Gasteiger partial charge in [-0.25, -0.2) is 8.42 Å². The zero-order valence-electron chi connectivity index (χ0n) is 9.42. The first-order valence-corrected chi connectivity index (χ1v) is 6.52. The number of aliphatic carboxylic acids is 1. The number of hydrogen-bond donors (Lipinski definition) is 3. The lowest BCUT2D eigenvalue weighted by Gasteiger charge is -2.12. The van der Waals surface area contributed by atoms with Crippen LogP contribution in [0, 0.1) is 0 Å². The monoisotopic (exact) mass is 273 g/mol. The molecule has 0 amide bonds. The summed E-state index contributed by atoms with van der Waals surface area (Å²) in [6.07, 6.45) is 0.441. The summed E-state index contributed by atoms with van der Waals surface area (Å²) in [5.41, 5.74) is 6.17. The van der Waals surface area contributed by atoms with Crippen LogP contribution in [0.5, 0.6) is 0 Å². The van der Waals surface area contributed by atoms with Crippen molar-refractivity contribution >= 4 is 27.5 Å². The summed E-state index contributed by atoms with van der Waals surface area (Å²) >= 11 is 0. The van der Waals surface area contributed by atoms with Crippen LogP contribution in [0.25, 0.3) is 0 Å². The van der Waals surface area contributed by atoms with Crippen molar-refractivity contribution in [1.82, 2.24) is 0 Å². The van der Waals surface area contributed by atoms with Crippen LogP contribution < -0.4 is 11.1 Å². The Hall–Kier alpha value is -1.80. The second-order valence-corrected chi connectivity index (χ2v) is 5.01. The Labute approximate surface area is 104 Å². The van der Waals surface area contributed by atoms with E-state index in [1.807, 2.05) is 0 Å². The lowest BCUT2D eigenvalue weighted by molar-refractivity contribution is -0.137. The van der Waals surface area contributed by atoms with Crippen LogP contribution in [0.2, 0.25) is 0 Å². The first-order valence-electron chi connectivity index (χ1n) is 5.12. The van der Waals surface area contributed by atoms with Crippen LogP contribution >= 0.6 is 0 Å². The van der Waals surface area contributed by atoms with E-state index >= 15 is 0 Å². The highest BCUT2D eigenvalue weighted by Crippen LogP contribution is 2.22. The van der Waals surface area contributed by atoms with E-state index in [-0.39, 0.29) is 12.1 Å². The normalized spacial score (nSPS) is 11.2. The summed E-state index contributed by atoms with van der Waals surface area (Å²) in [6, 6.07) is 3.60. The molecule has 1 rings (SSSR count). The predicted octanol–water partition coefficient (Wildman–Crippen LogP) is 0.450. The van der Waals surface area contributed by atoms with E-state index in [1.54, 1.807) is 0 Å². The van der Waals surface area contributed by atoms with Crippen LogP contribution in [0.4, 0.5) is 11.4 Å². The lowest BCUT2D eigenvalue weighted by Crippen LogP contribution is -2.07. The Morgan fingerprint density at radius 3 is 2.61 bits per heavy atom. The Balaban J connectivity index is 2.66. The topological polar surface area (TPSA) is 133 Å². The van der Waals surface area contributed by atoms with E-state index in [0.717, 1.165) is 12.1 Å². The largest absolute Gasteiger partial charge is 0.744 e. The molecule has 0 radical (unpaired) electrons. The van der Waals surface area contributed by atoms with E-state index in [2.05, 4.69) is 5.32 Å². The van der Waals surface area contributed by atoms with Gasteiger partial charge in [0.15, 0.2) is 0 Å². The highest BCUT2D eigenvalue weighted by Gasteiger charge is 2.05. The molecule has 0 aliphatic heterocycles. The number of hydrogen-bond acceptors (Lipinski definition) is 6. The molecule has 0 aliphatic carbocycles. The molecule has 18 heavy (non-hydrogen) atoms. The number of nitrogens with one attached hydrogen (secondary N) is 1. The van der Waals surface area contributed by atoms with Gasteiger partial charge < -0.3 is 20.7 Å². The van der Waals surface area contributed by atoms with Gasteiger partial charge >= 0.3 is 5.97 Å². The van der Waals surface area contributed by atoms with E-state index in [0.29, 0.717) is 18.7 Å². The minimum Gasteiger partial charge on any atom is -0.744 e. The summed E-state index contributed by atoms with van der Waals surface area (Å²) in [5, 5.41) is 11.3. The van der Waals surface area contributed by atoms with Crippen molar-refractivity contribution in [2.75, 3.05) is 17.6 Å². The van der Waals surface area contributed by atoms with E-state index in [9.17, 15) is 17.8 Å². The quantitative estimate of drug-likeness (QED) is 0.389. The minimum atomic E-state index is -4.51. The predicted molar refractivity (Wildman–Crippen MR) is 64.2 cm³/mol. The fourth-order valence-electron chi connectivity index (χ4n) is 1.32. The molecule has 8 heteroatoms. The van der Waals surface area contributed by atoms with E-state index in [1.165, 1.54) is 6.07 Å². The minimum absolute atomic E-state index is 0.0277. The summed E-state index contributed by atoms with van der Waals surface area (Å²) in [6.45, 7) is 0.389. The molecule has 0 heterocycles. The fourth-order valence-corrected chi connectivity index (χ4v) is 1.83. The molecule has 0 aromatic heterocycles. The van der Waals surface area contributed by atoms with Gasteiger partial charge in [-0.05, 0) is 24.6 Å². The standard InChI is InChI=1S/C10H14N2O5S/c11-8-6-7(18(15,16)17)3-4-9(8)12-5-1-2-10(13)14/h3-4,6,12H,1-2,5,11H2,(H,13,14)(H,15,16,17)/p-1. The first-order chi connectivity index (χ1) is 8.30. The number of nitrogen functional groups attached to an aromatic ring is 1. The highest BCUT2D eigenvalue weighted by molar-refractivity contribution is 7.85. The average Bonchev–Trinajstić information content (AvgIpc) is 2.24. The molecule has 1 aromatic carbocycles. The molecule has 0 unspecified atom stereocenters. The second kappa shape index (κ2) is 5.69. The molecule has 0 fully saturated rings.